The lowest BCUT2D eigenvalue weighted by Crippen LogP contribution is -2.48. The molecule has 1 aromatic heterocycles. The van der Waals surface area contributed by atoms with Crippen molar-refractivity contribution >= 4 is 6.09 Å². The van der Waals surface area contributed by atoms with Crippen LogP contribution in [-0.2, 0) is 22.6 Å². The summed E-state index contributed by atoms with van der Waals surface area (Å²) in [6.07, 6.45) is 6.68. The van der Waals surface area contributed by atoms with E-state index in [9.17, 15) is 4.79 Å². The van der Waals surface area contributed by atoms with Crippen LogP contribution in [0.25, 0.3) is 0 Å². The van der Waals surface area contributed by atoms with Gasteiger partial charge in [0.15, 0.2) is 0 Å². The molecule has 30 heavy (non-hydrogen) atoms. The molecule has 2 fully saturated rings. The summed E-state index contributed by atoms with van der Waals surface area (Å²) in [6.45, 7) is 7.93. The summed E-state index contributed by atoms with van der Waals surface area (Å²) >= 11 is 0. The maximum Gasteiger partial charge on any atom is 0.407 e. The monoisotopic (exact) mass is 412 g/mol. The van der Waals surface area contributed by atoms with Gasteiger partial charge in [-0.1, -0.05) is 30.3 Å². The van der Waals surface area contributed by atoms with Gasteiger partial charge in [0.1, 0.15) is 6.61 Å². The van der Waals surface area contributed by atoms with Crippen molar-refractivity contribution in [1.29, 1.82) is 0 Å². The normalized spacial score (nSPS) is 24.4. The Kier molecular flexibility index (Phi) is 6.39. The maximum absolute atomic E-state index is 12.2. The average molecular weight is 413 g/mol. The Morgan fingerprint density at radius 2 is 2.17 bits per heavy atom. The number of likely N-dealkylation sites (tertiary alicyclic amines) is 1. The van der Waals surface area contributed by atoms with E-state index >= 15 is 0 Å². The summed E-state index contributed by atoms with van der Waals surface area (Å²) in [6, 6.07) is 10.1. The second-order valence-electron chi connectivity index (χ2n) is 8.84. The fourth-order valence-corrected chi connectivity index (χ4v) is 4.48. The van der Waals surface area contributed by atoms with Crippen molar-refractivity contribution < 1.29 is 14.3 Å². The number of amides is 1. The lowest BCUT2D eigenvalue weighted by Gasteiger charge is -2.39. The number of alkyl carbamates (subject to hydrolysis) is 1. The molecule has 0 bridgehead atoms. The Balaban J connectivity index is 1.26. The van der Waals surface area contributed by atoms with Gasteiger partial charge in [-0.3, -0.25) is 9.58 Å². The molecule has 2 saturated heterocycles. The molecule has 3 heterocycles. The van der Waals surface area contributed by atoms with E-state index in [4.69, 9.17) is 9.47 Å². The number of piperidine rings is 1. The number of rotatable bonds is 6. The van der Waals surface area contributed by atoms with Gasteiger partial charge in [-0.05, 0) is 38.8 Å². The zero-order valence-electron chi connectivity index (χ0n) is 17.9. The molecular formula is C23H32N4O3. The molecule has 1 spiro atoms. The molecule has 0 aliphatic carbocycles. The second kappa shape index (κ2) is 9.18. The minimum absolute atomic E-state index is 0.00286. The first-order chi connectivity index (χ1) is 14.5. The summed E-state index contributed by atoms with van der Waals surface area (Å²) in [5.41, 5.74) is 2.04. The summed E-state index contributed by atoms with van der Waals surface area (Å²) in [5, 5.41) is 7.43. The smallest absolute Gasteiger partial charge is 0.407 e. The van der Waals surface area contributed by atoms with Gasteiger partial charge in [0, 0.05) is 37.3 Å². The fourth-order valence-electron chi connectivity index (χ4n) is 4.48. The van der Waals surface area contributed by atoms with E-state index in [0.717, 1.165) is 44.5 Å². The first-order valence-electron chi connectivity index (χ1n) is 10.9. The Morgan fingerprint density at radius 1 is 1.33 bits per heavy atom. The van der Waals surface area contributed by atoms with Crippen LogP contribution in [0.1, 0.15) is 50.3 Å². The zero-order valence-corrected chi connectivity index (χ0v) is 17.9. The number of hydrogen-bond donors (Lipinski definition) is 1. The van der Waals surface area contributed by atoms with Crippen LogP contribution in [0.2, 0.25) is 0 Å². The quantitative estimate of drug-likeness (QED) is 0.786. The fraction of sp³-hybridized carbons (Fsp3) is 0.565. The standard InChI is InChI=1S/C23H32N4O3/c1-18(2)27-14-20(12-24-27)13-26-10-6-9-23(17-26)11-21(16-30-23)25-22(28)29-15-19-7-4-3-5-8-19/h3-5,7-8,12,14,18,21H,6,9-11,13,15-17H2,1-2H3,(H,25,28)/t21-,23+/m0/s1. The van der Waals surface area contributed by atoms with Gasteiger partial charge in [0.25, 0.3) is 0 Å². The summed E-state index contributed by atoms with van der Waals surface area (Å²) in [5.74, 6) is 0. The molecule has 0 unspecified atom stereocenters. The molecule has 2 atom stereocenters. The maximum atomic E-state index is 12.2. The SMILES string of the molecule is CC(C)n1cc(CN2CCC[C@@]3(C[C@H](NC(=O)OCc4ccccc4)CO3)C2)cn1. The Morgan fingerprint density at radius 3 is 2.93 bits per heavy atom. The summed E-state index contributed by atoms with van der Waals surface area (Å²) in [4.78, 5) is 14.6. The third kappa shape index (κ3) is 5.21. The van der Waals surface area contributed by atoms with Gasteiger partial charge >= 0.3 is 6.09 Å². The molecule has 162 valence electrons. The number of hydrogen-bond acceptors (Lipinski definition) is 5. The number of aromatic nitrogens is 2. The number of nitrogens with one attached hydrogen (secondary N) is 1. The van der Waals surface area contributed by atoms with Crippen LogP contribution in [0.4, 0.5) is 4.79 Å². The molecule has 2 aliphatic heterocycles. The Labute approximate surface area is 178 Å². The van der Waals surface area contributed by atoms with E-state index in [1.54, 1.807) is 0 Å². The molecule has 0 radical (unpaired) electrons. The first kappa shape index (κ1) is 20.9. The minimum atomic E-state index is -0.377. The van der Waals surface area contributed by atoms with Crippen LogP contribution in [0.15, 0.2) is 42.7 Å². The Hall–Kier alpha value is -2.38. The largest absolute Gasteiger partial charge is 0.445 e. The van der Waals surface area contributed by atoms with Crippen molar-refractivity contribution in [3.8, 4) is 0 Å². The van der Waals surface area contributed by atoms with E-state index in [1.165, 1.54) is 5.56 Å². The van der Waals surface area contributed by atoms with Gasteiger partial charge in [-0.25, -0.2) is 4.79 Å². The number of nitrogens with zero attached hydrogens (tertiary/aromatic N) is 3. The van der Waals surface area contributed by atoms with Crippen LogP contribution >= 0.6 is 0 Å². The number of benzene rings is 1. The van der Waals surface area contributed by atoms with Crippen molar-refractivity contribution in [1.82, 2.24) is 20.0 Å². The van der Waals surface area contributed by atoms with Gasteiger partial charge in [-0.15, -0.1) is 0 Å². The van der Waals surface area contributed by atoms with Crippen LogP contribution < -0.4 is 5.32 Å². The minimum Gasteiger partial charge on any atom is -0.445 e. The van der Waals surface area contributed by atoms with Crippen molar-refractivity contribution in [2.75, 3.05) is 19.7 Å². The van der Waals surface area contributed by atoms with E-state index < -0.39 is 0 Å². The Bertz CT molecular complexity index is 838. The van der Waals surface area contributed by atoms with E-state index in [2.05, 4.69) is 35.4 Å². The van der Waals surface area contributed by atoms with Crippen molar-refractivity contribution in [3.63, 3.8) is 0 Å². The molecule has 4 rings (SSSR count). The van der Waals surface area contributed by atoms with Crippen LogP contribution in [0.3, 0.4) is 0 Å². The van der Waals surface area contributed by atoms with Gasteiger partial charge < -0.3 is 14.8 Å². The average Bonchev–Trinajstić information content (AvgIpc) is 3.35. The van der Waals surface area contributed by atoms with Crippen molar-refractivity contribution in [2.45, 2.75) is 63.9 Å². The number of carbonyl (C=O) groups is 1. The van der Waals surface area contributed by atoms with Gasteiger partial charge in [0.05, 0.1) is 24.4 Å². The molecule has 1 amide bonds. The van der Waals surface area contributed by atoms with E-state index in [0.29, 0.717) is 12.6 Å². The first-order valence-corrected chi connectivity index (χ1v) is 10.9. The lowest BCUT2D eigenvalue weighted by molar-refractivity contribution is -0.0534. The molecule has 7 nitrogen and oxygen atoms in total. The number of ether oxygens (including phenoxy) is 2. The van der Waals surface area contributed by atoms with Crippen LogP contribution in [0.5, 0.6) is 0 Å². The highest BCUT2D eigenvalue weighted by Crippen LogP contribution is 2.35. The molecule has 2 aromatic rings. The van der Waals surface area contributed by atoms with E-state index in [1.807, 2.05) is 41.2 Å². The molecule has 1 aromatic carbocycles. The second-order valence-corrected chi connectivity index (χ2v) is 8.84. The van der Waals surface area contributed by atoms with Gasteiger partial charge in [-0.2, -0.15) is 5.10 Å². The molecule has 7 heteroatoms. The lowest BCUT2D eigenvalue weighted by atomic mass is 9.88. The van der Waals surface area contributed by atoms with Crippen LogP contribution in [0, 0.1) is 0 Å². The van der Waals surface area contributed by atoms with Crippen molar-refractivity contribution in [3.05, 3.63) is 53.9 Å². The third-order valence-electron chi connectivity index (χ3n) is 5.95. The molecule has 0 saturated carbocycles. The predicted octanol–water partition coefficient (Wildman–Crippen LogP) is 3.51. The van der Waals surface area contributed by atoms with E-state index in [-0.39, 0.29) is 24.3 Å². The molecular weight excluding hydrogens is 380 g/mol. The predicted molar refractivity (Wildman–Crippen MR) is 114 cm³/mol. The highest BCUT2D eigenvalue weighted by atomic mass is 16.6. The highest BCUT2D eigenvalue weighted by Gasteiger charge is 2.44. The molecule has 2 aliphatic rings. The van der Waals surface area contributed by atoms with Gasteiger partial charge in [0.2, 0.25) is 0 Å². The number of carbonyl (C=O) groups excluding carboxylic acids is 1. The van der Waals surface area contributed by atoms with Crippen LogP contribution in [-0.4, -0.2) is 52.1 Å². The topological polar surface area (TPSA) is 68.6 Å². The summed E-state index contributed by atoms with van der Waals surface area (Å²) in [7, 11) is 0. The van der Waals surface area contributed by atoms with Crippen molar-refractivity contribution in [2.24, 2.45) is 0 Å². The zero-order chi connectivity index (χ0) is 21.0. The molecule has 1 N–H and O–H groups in total. The highest BCUT2D eigenvalue weighted by molar-refractivity contribution is 5.67. The summed E-state index contributed by atoms with van der Waals surface area (Å²) < 4.78 is 13.6. The third-order valence-corrected chi connectivity index (χ3v) is 5.95.